The third-order valence-corrected chi connectivity index (χ3v) is 3.70. The molecule has 0 amide bonds. The van der Waals surface area contributed by atoms with E-state index in [1.165, 1.54) is 12.8 Å². The second-order valence-electron chi connectivity index (χ2n) is 4.99. The van der Waals surface area contributed by atoms with Gasteiger partial charge in [0.25, 0.3) is 0 Å². The van der Waals surface area contributed by atoms with Crippen molar-refractivity contribution in [1.82, 2.24) is 5.32 Å². The maximum Gasteiger partial charge on any atom is 0.123 e. The van der Waals surface area contributed by atoms with E-state index in [4.69, 9.17) is 0 Å². The van der Waals surface area contributed by atoms with Gasteiger partial charge in [0.05, 0.1) is 0 Å². The van der Waals surface area contributed by atoms with Crippen LogP contribution in [-0.2, 0) is 6.54 Å². The Bertz CT molecular complexity index is 388. The fourth-order valence-corrected chi connectivity index (χ4v) is 2.34. The SMILES string of the molecule is CNCc1cc(F)ccc1N(C)C(C)C1CC1. The first-order valence-corrected chi connectivity index (χ1v) is 6.29. The molecule has 0 heterocycles. The zero-order valence-corrected chi connectivity index (χ0v) is 10.8. The minimum atomic E-state index is -0.161. The van der Waals surface area contributed by atoms with Crippen LogP contribution in [0.15, 0.2) is 18.2 Å². The first-order chi connectivity index (χ1) is 8.13. The van der Waals surface area contributed by atoms with Crippen molar-refractivity contribution in [1.29, 1.82) is 0 Å². The Morgan fingerprint density at radius 3 is 2.76 bits per heavy atom. The highest BCUT2D eigenvalue weighted by Gasteiger charge is 2.31. The predicted octanol–water partition coefficient (Wildman–Crippen LogP) is 2.78. The van der Waals surface area contributed by atoms with Crippen molar-refractivity contribution in [2.75, 3.05) is 19.0 Å². The van der Waals surface area contributed by atoms with Crippen molar-refractivity contribution < 1.29 is 4.39 Å². The van der Waals surface area contributed by atoms with Crippen LogP contribution in [0.1, 0.15) is 25.3 Å². The molecule has 1 aliphatic rings. The number of hydrogen-bond donors (Lipinski definition) is 1. The van der Waals surface area contributed by atoms with E-state index < -0.39 is 0 Å². The molecule has 0 spiro atoms. The molecule has 1 aromatic rings. The Morgan fingerprint density at radius 1 is 1.47 bits per heavy atom. The third-order valence-electron chi connectivity index (χ3n) is 3.70. The summed E-state index contributed by atoms with van der Waals surface area (Å²) in [5.41, 5.74) is 2.17. The Hall–Kier alpha value is -1.09. The molecule has 2 nitrogen and oxygen atoms in total. The number of hydrogen-bond acceptors (Lipinski definition) is 2. The van der Waals surface area contributed by atoms with Gasteiger partial charge in [-0.1, -0.05) is 0 Å². The van der Waals surface area contributed by atoms with Gasteiger partial charge >= 0.3 is 0 Å². The first kappa shape index (κ1) is 12.4. The molecule has 1 fully saturated rings. The number of benzene rings is 1. The van der Waals surface area contributed by atoms with Crippen LogP contribution in [0.25, 0.3) is 0 Å². The summed E-state index contributed by atoms with van der Waals surface area (Å²) in [5, 5.41) is 3.10. The first-order valence-electron chi connectivity index (χ1n) is 6.29. The van der Waals surface area contributed by atoms with Gasteiger partial charge in [-0.25, -0.2) is 4.39 Å². The predicted molar refractivity (Wildman–Crippen MR) is 69.8 cm³/mol. The van der Waals surface area contributed by atoms with Crippen molar-refractivity contribution in [3.63, 3.8) is 0 Å². The number of halogens is 1. The Balaban J connectivity index is 2.22. The molecule has 94 valence electrons. The minimum absolute atomic E-state index is 0.161. The maximum atomic E-state index is 13.3. The van der Waals surface area contributed by atoms with E-state index in [2.05, 4.69) is 24.2 Å². The van der Waals surface area contributed by atoms with E-state index in [-0.39, 0.29) is 5.82 Å². The highest BCUT2D eigenvalue weighted by molar-refractivity contribution is 5.54. The molecule has 0 aliphatic heterocycles. The van der Waals surface area contributed by atoms with Gasteiger partial charge in [-0.05, 0) is 56.5 Å². The van der Waals surface area contributed by atoms with E-state index in [9.17, 15) is 4.39 Å². The molecule has 0 radical (unpaired) electrons. The van der Waals surface area contributed by atoms with Gasteiger partial charge in [0.15, 0.2) is 0 Å². The van der Waals surface area contributed by atoms with Crippen molar-refractivity contribution in [2.24, 2.45) is 5.92 Å². The number of rotatable bonds is 5. The van der Waals surface area contributed by atoms with Gasteiger partial charge in [0.1, 0.15) is 5.82 Å². The summed E-state index contributed by atoms with van der Waals surface area (Å²) in [6.45, 7) is 2.96. The van der Waals surface area contributed by atoms with E-state index in [1.54, 1.807) is 12.1 Å². The number of nitrogens with one attached hydrogen (secondary N) is 1. The van der Waals surface area contributed by atoms with Crippen LogP contribution in [0.2, 0.25) is 0 Å². The Morgan fingerprint density at radius 2 is 2.18 bits per heavy atom. The standard InChI is InChI=1S/C14H21FN2/c1-10(11-4-5-11)17(3)14-7-6-13(15)8-12(14)9-16-2/h6-8,10-11,16H,4-5,9H2,1-3H3. The molecule has 0 saturated heterocycles. The molecule has 0 aromatic heterocycles. The lowest BCUT2D eigenvalue weighted by Gasteiger charge is -2.29. The molecule has 1 unspecified atom stereocenters. The molecule has 0 bridgehead atoms. The van der Waals surface area contributed by atoms with Crippen LogP contribution in [0.3, 0.4) is 0 Å². The van der Waals surface area contributed by atoms with Crippen LogP contribution in [-0.4, -0.2) is 20.1 Å². The summed E-state index contributed by atoms with van der Waals surface area (Å²) in [6, 6.07) is 5.60. The van der Waals surface area contributed by atoms with Crippen LogP contribution in [0, 0.1) is 11.7 Å². The molecule has 1 atom stereocenters. The van der Waals surface area contributed by atoms with Crippen molar-refractivity contribution in [3.8, 4) is 0 Å². The molecule has 1 aromatic carbocycles. The molecule has 2 rings (SSSR count). The monoisotopic (exact) mass is 236 g/mol. The van der Waals surface area contributed by atoms with Crippen molar-refractivity contribution >= 4 is 5.69 Å². The minimum Gasteiger partial charge on any atom is -0.371 e. The second kappa shape index (κ2) is 5.05. The second-order valence-corrected chi connectivity index (χ2v) is 4.99. The summed E-state index contributed by atoms with van der Waals surface area (Å²) in [7, 11) is 3.99. The highest BCUT2D eigenvalue weighted by Crippen LogP contribution is 2.37. The Labute approximate surface area is 103 Å². The quantitative estimate of drug-likeness (QED) is 0.845. The summed E-state index contributed by atoms with van der Waals surface area (Å²) in [6.07, 6.45) is 2.65. The summed E-state index contributed by atoms with van der Waals surface area (Å²) in [5.74, 6) is 0.652. The largest absolute Gasteiger partial charge is 0.371 e. The lowest BCUT2D eigenvalue weighted by atomic mass is 10.1. The fourth-order valence-electron chi connectivity index (χ4n) is 2.34. The van der Waals surface area contributed by atoms with Gasteiger partial charge in [-0.15, -0.1) is 0 Å². The number of nitrogens with zero attached hydrogens (tertiary/aromatic N) is 1. The highest BCUT2D eigenvalue weighted by atomic mass is 19.1. The molecular weight excluding hydrogens is 215 g/mol. The summed E-state index contributed by atoms with van der Waals surface area (Å²) in [4.78, 5) is 2.28. The number of anilines is 1. The Kier molecular flexibility index (Phi) is 3.67. The van der Waals surface area contributed by atoms with Gasteiger partial charge < -0.3 is 10.2 Å². The molecule has 1 saturated carbocycles. The molecular formula is C14H21FN2. The van der Waals surface area contributed by atoms with Gasteiger partial charge in [-0.2, -0.15) is 0 Å². The average molecular weight is 236 g/mol. The van der Waals surface area contributed by atoms with E-state index in [0.29, 0.717) is 12.6 Å². The van der Waals surface area contributed by atoms with Gasteiger partial charge in [-0.3, -0.25) is 0 Å². The van der Waals surface area contributed by atoms with Gasteiger partial charge in [0.2, 0.25) is 0 Å². The molecule has 3 heteroatoms. The zero-order chi connectivity index (χ0) is 12.4. The van der Waals surface area contributed by atoms with Crippen LogP contribution in [0.5, 0.6) is 0 Å². The average Bonchev–Trinajstić information content (AvgIpc) is 3.12. The molecule has 1 aliphatic carbocycles. The lowest BCUT2D eigenvalue weighted by molar-refractivity contribution is 0.600. The zero-order valence-electron chi connectivity index (χ0n) is 10.8. The summed E-state index contributed by atoms with van der Waals surface area (Å²) >= 11 is 0. The van der Waals surface area contributed by atoms with Crippen LogP contribution >= 0.6 is 0 Å². The normalized spacial score (nSPS) is 16.9. The van der Waals surface area contributed by atoms with Crippen molar-refractivity contribution in [3.05, 3.63) is 29.6 Å². The maximum absolute atomic E-state index is 13.3. The molecule has 1 N–H and O–H groups in total. The van der Waals surface area contributed by atoms with E-state index in [1.807, 2.05) is 13.1 Å². The molecule has 17 heavy (non-hydrogen) atoms. The smallest absolute Gasteiger partial charge is 0.123 e. The van der Waals surface area contributed by atoms with E-state index in [0.717, 1.165) is 17.2 Å². The summed E-state index contributed by atoms with van der Waals surface area (Å²) < 4.78 is 13.3. The fraction of sp³-hybridized carbons (Fsp3) is 0.571. The van der Waals surface area contributed by atoms with Crippen molar-refractivity contribution in [2.45, 2.75) is 32.4 Å². The van der Waals surface area contributed by atoms with Gasteiger partial charge in [0, 0.05) is 25.3 Å². The van der Waals surface area contributed by atoms with E-state index >= 15 is 0 Å². The van der Waals surface area contributed by atoms with Crippen LogP contribution < -0.4 is 10.2 Å². The van der Waals surface area contributed by atoms with Crippen LogP contribution in [0.4, 0.5) is 10.1 Å². The third kappa shape index (κ3) is 2.78. The lowest BCUT2D eigenvalue weighted by Crippen LogP contribution is -2.31. The topological polar surface area (TPSA) is 15.3 Å².